The number of aliphatic hydroxyl groups is 2. The Bertz CT molecular complexity index is 493. The lowest BCUT2D eigenvalue weighted by atomic mass is 10.2. The van der Waals surface area contributed by atoms with Gasteiger partial charge in [-0.3, -0.25) is 4.57 Å². The quantitative estimate of drug-likeness (QED) is 0.476. The van der Waals surface area contributed by atoms with E-state index in [2.05, 4.69) is 10.3 Å². The second-order valence-electron chi connectivity index (χ2n) is 4.69. The molecule has 1 fully saturated rings. The van der Waals surface area contributed by atoms with Crippen LogP contribution in [0.15, 0.2) is 17.1 Å². The molecule has 1 aliphatic heterocycles. The summed E-state index contributed by atoms with van der Waals surface area (Å²) < 4.78 is 6.73. The van der Waals surface area contributed by atoms with E-state index in [0.717, 1.165) is 6.42 Å². The van der Waals surface area contributed by atoms with Crippen LogP contribution in [0, 0.1) is 0 Å². The van der Waals surface area contributed by atoms with Crippen LogP contribution in [0.5, 0.6) is 0 Å². The van der Waals surface area contributed by atoms with E-state index in [1.54, 1.807) is 12.3 Å². The summed E-state index contributed by atoms with van der Waals surface area (Å²) in [7, 11) is 0. The number of nitrogens with zero attached hydrogens (tertiary/aromatic N) is 2. The minimum absolute atomic E-state index is 0.257. The molecule has 112 valence electrons. The van der Waals surface area contributed by atoms with Gasteiger partial charge in [-0.25, -0.2) is 4.79 Å². The van der Waals surface area contributed by atoms with E-state index in [9.17, 15) is 9.90 Å². The molecule has 20 heavy (non-hydrogen) atoms. The molecule has 0 aliphatic carbocycles. The highest BCUT2D eigenvalue weighted by molar-refractivity contribution is 5.31. The van der Waals surface area contributed by atoms with Crippen molar-refractivity contribution in [1.29, 1.82) is 0 Å². The maximum atomic E-state index is 11.9. The molecule has 3 atom stereocenters. The summed E-state index contributed by atoms with van der Waals surface area (Å²) in [6.45, 7) is 0.942. The van der Waals surface area contributed by atoms with Crippen LogP contribution in [-0.4, -0.2) is 51.7 Å². The van der Waals surface area contributed by atoms with Crippen LogP contribution in [0.1, 0.15) is 19.1 Å². The Kier molecular flexibility index (Phi) is 5.07. The number of hydrogen-bond donors (Lipinski definition) is 4. The van der Waals surface area contributed by atoms with Gasteiger partial charge in [0.1, 0.15) is 18.1 Å². The Morgan fingerprint density at radius 1 is 1.60 bits per heavy atom. The molecule has 0 saturated carbocycles. The largest absolute Gasteiger partial charge is 0.394 e. The van der Waals surface area contributed by atoms with Gasteiger partial charge in [-0.2, -0.15) is 4.98 Å². The van der Waals surface area contributed by atoms with Gasteiger partial charge in [0.25, 0.3) is 0 Å². The predicted octanol–water partition coefficient (Wildman–Crippen LogP) is -1.36. The minimum Gasteiger partial charge on any atom is -0.394 e. The molecule has 1 aromatic rings. The number of hydrogen-bond acceptors (Lipinski definition) is 7. The standard InChI is InChI=1S/C12H20N4O4/c13-3-1-4-14-10-2-5-16(12(19)15-10)11-6-8(18)9(7-17)20-11/h2,5,8-9,11,17-18H,1,3-4,6-7,13H2,(H,14,15,19)/t8-,9+,11+/m0/s1. The van der Waals surface area contributed by atoms with Gasteiger partial charge in [-0.1, -0.05) is 0 Å². The first-order valence-electron chi connectivity index (χ1n) is 6.63. The van der Waals surface area contributed by atoms with Gasteiger partial charge in [0.2, 0.25) is 0 Å². The van der Waals surface area contributed by atoms with Crippen LogP contribution in [0.3, 0.4) is 0 Å². The zero-order valence-corrected chi connectivity index (χ0v) is 11.1. The van der Waals surface area contributed by atoms with Crippen molar-refractivity contribution in [3.05, 3.63) is 22.7 Å². The Balaban J connectivity index is 2.05. The highest BCUT2D eigenvalue weighted by Gasteiger charge is 2.34. The van der Waals surface area contributed by atoms with E-state index in [0.29, 0.717) is 18.9 Å². The van der Waals surface area contributed by atoms with E-state index in [4.69, 9.17) is 15.6 Å². The van der Waals surface area contributed by atoms with Crippen LogP contribution >= 0.6 is 0 Å². The van der Waals surface area contributed by atoms with Gasteiger partial charge in [-0.05, 0) is 19.0 Å². The first-order chi connectivity index (χ1) is 9.65. The first-order valence-corrected chi connectivity index (χ1v) is 6.63. The molecule has 8 nitrogen and oxygen atoms in total. The molecular weight excluding hydrogens is 264 g/mol. The van der Waals surface area contributed by atoms with Gasteiger partial charge in [0.05, 0.1) is 12.7 Å². The minimum atomic E-state index is -0.778. The molecule has 1 aromatic heterocycles. The molecule has 0 radical (unpaired) electrons. The zero-order valence-electron chi connectivity index (χ0n) is 11.1. The molecule has 1 saturated heterocycles. The zero-order chi connectivity index (χ0) is 14.5. The van der Waals surface area contributed by atoms with Gasteiger partial charge in [0, 0.05) is 19.2 Å². The highest BCUT2D eigenvalue weighted by Crippen LogP contribution is 2.27. The fourth-order valence-electron chi connectivity index (χ4n) is 2.10. The van der Waals surface area contributed by atoms with E-state index in [1.165, 1.54) is 4.57 Å². The van der Waals surface area contributed by atoms with Crippen molar-refractivity contribution >= 4 is 5.82 Å². The normalized spacial score (nSPS) is 25.9. The molecule has 0 amide bonds. The van der Waals surface area contributed by atoms with Crippen LogP contribution in [-0.2, 0) is 4.74 Å². The summed E-state index contributed by atoms with van der Waals surface area (Å²) >= 11 is 0. The topological polar surface area (TPSA) is 123 Å². The Hall–Kier alpha value is -1.48. The summed E-state index contributed by atoms with van der Waals surface area (Å²) in [5, 5.41) is 21.7. The third kappa shape index (κ3) is 3.34. The summed E-state index contributed by atoms with van der Waals surface area (Å²) in [6, 6.07) is 1.67. The monoisotopic (exact) mass is 284 g/mol. The highest BCUT2D eigenvalue weighted by atomic mass is 16.5. The molecule has 0 aromatic carbocycles. The fourth-order valence-corrected chi connectivity index (χ4v) is 2.10. The van der Waals surface area contributed by atoms with Crippen LogP contribution in [0.25, 0.3) is 0 Å². The molecule has 5 N–H and O–H groups in total. The van der Waals surface area contributed by atoms with Crippen molar-refractivity contribution in [3.63, 3.8) is 0 Å². The van der Waals surface area contributed by atoms with Crippen molar-refractivity contribution in [2.75, 3.05) is 25.0 Å². The Morgan fingerprint density at radius 2 is 2.40 bits per heavy atom. The number of rotatable bonds is 6. The van der Waals surface area contributed by atoms with Gasteiger partial charge in [-0.15, -0.1) is 0 Å². The fraction of sp³-hybridized carbons (Fsp3) is 0.667. The Labute approximate surface area is 116 Å². The maximum absolute atomic E-state index is 11.9. The molecule has 2 rings (SSSR count). The SMILES string of the molecule is NCCCNc1ccn([C@H]2C[C@H](O)[C@@H](CO)O2)c(=O)n1. The summed E-state index contributed by atoms with van der Waals surface area (Å²) in [6.07, 6.45) is 0.582. The second-order valence-corrected chi connectivity index (χ2v) is 4.69. The second kappa shape index (κ2) is 6.80. The molecule has 0 unspecified atom stereocenters. The maximum Gasteiger partial charge on any atom is 0.351 e. The molecule has 1 aliphatic rings. The van der Waals surface area contributed by atoms with Crippen LogP contribution < -0.4 is 16.7 Å². The van der Waals surface area contributed by atoms with Crippen LogP contribution in [0.4, 0.5) is 5.82 Å². The van der Waals surface area contributed by atoms with Crippen molar-refractivity contribution < 1.29 is 14.9 Å². The molecular formula is C12H20N4O4. The van der Waals surface area contributed by atoms with E-state index < -0.39 is 24.1 Å². The van der Waals surface area contributed by atoms with Crippen molar-refractivity contribution in [2.24, 2.45) is 5.73 Å². The van der Waals surface area contributed by atoms with Gasteiger partial charge in [0.15, 0.2) is 0 Å². The summed E-state index contributed by atoms with van der Waals surface area (Å²) in [5.41, 5.74) is 4.92. The summed E-state index contributed by atoms with van der Waals surface area (Å²) in [4.78, 5) is 15.8. The Morgan fingerprint density at radius 3 is 3.00 bits per heavy atom. The predicted molar refractivity (Wildman–Crippen MR) is 72.3 cm³/mol. The third-order valence-corrected chi connectivity index (χ3v) is 3.21. The average Bonchev–Trinajstić information content (AvgIpc) is 2.80. The van der Waals surface area contributed by atoms with Crippen LogP contribution in [0.2, 0.25) is 0 Å². The van der Waals surface area contributed by atoms with Crippen molar-refractivity contribution in [3.8, 4) is 0 Å². The average molecular weight is 284 g/mol. The molecule has 2 heterocycles. The number of nitrogens with two attached hydrogens (primary N) is 1. The number of ether oxygens (including phenoxy) is 1. The number of aliphatic hydroxyl groups excluding tert-OH is 2. The lowest BCUT2D eigenvalue weighted by molar-refractivity contribution is -0.0458. The van der Waals surface area contributed by atoms with Gasteiger partial charge >= 0.3 is 5.69 Å². The smallest absolute Gasteiger partial charge is 0.351 e. The first kappa shape index (κ1) is 14.9. The van der Waals surface area contributed by atoms with Crippen molar-refractivity contribution in [2.45, 2.75) is 31.3 Å². The lowest BCUT2D eigenvalue weighted by Gasteiger charge is -2.14. The molecule has 0 bridgehead atoms. The number of anilines is 1. The molecule has 0 spiro atoms. The van der Waals surface area contributed by atoms with Crippen molar-refractivity contribution in [1.82, 2.24) is 9.55 Å². The molecule has 8 heteroatoms. The van der Waals surface area contributed by atoms with E-state index in [-0.39, 0.29) is 13.0 Å². The van der Waals surface area contributed by atoms with Gasteiger partial charge < -0.3 is 26.0 Å². The number of nitrogens with one attached hydrogen (secondary N) is 1. The lowest BCUT2D eigenvalue weighted by Crippen LogP contribution is -2.28. The number of aromatic nitrogens is 2. The third-order valence-electron chi connectivity index (χ3n) is 3.21. The summed E-state index contributed by atoms with van der Waals surface area (Å²) in [5.74, 6) is 0.483. The van der Waals surface area contributed by atoms with E-state index in [1.807, 2.05) is 0 Å². The van der Waals surface area contributed by atoms with E-state index >= 15 is 0 Å².